The van der Waals surface area contributed by atoms with Gasteiger partial charge in [0, 0.05) is 0 Å². The maximum Gasteiger partial charge on any atom is 0.119 e. The molecule has 0 radical (unpaired) electrons. The number of rotatable bonds is 4. The van der Waals surface area contributed by atoms with E-state index in [1.807, 2.05) is 18.2 Å². The first-order valence-corrected chi connectivity index (χ1v) is 11.6. The molecule has 4 aromatic rings. The molecule has 4 aromatic carbocycles. The van der Waals surface area contributed by atoms with Crippen LogP contribution in [0, 0.1) is 0 Å². The molecular formula is C31H26O. The van der Waals surface area contributed by atoms with E-state index in [1.165, 1.54) is 63.4 Å². The van der Waals surface area contributed by atoms with Crippen LogP contribution in [0.1, 0.15) is 36.0 Å². The number of fused-ring (bicyclic) bond motifs is 4. The second kappa shape index (κ2) is 8.16. The molecule has 0 atom stereocenters. The average molecular weight is 415 g/mol. The molecular weight excluding hydrogens is 388 g/mol. The number of hydrogen-bond donors (Lipinski definition) is 0. The van der Waals surface area contributed by atoms with Crippen molar-refractivity contribution in [3.05, 3.63) is 119 Å². The fourth-order valence-electron chi connectivity index (χ4n) is 5.11. The summed E-state index contributed by atoms with van der Waals surface area (Å²) >= 11 is 0. The molecule has 0 aromatic heterocycles. The van der Waals surface area contributed by atoms with Crippen molar-refractivity contribution in [3.63, 3.8) is 0 Å². The minimum absolute atomic E-state index is 0.592. The highest BCUT2D eigenvalue weighted by Gasteiger charge is 2.20. The van der Waals surface area contributed by atoms with Gasteiger partial charge in [0.25, 0.3) is 0 Å². The van der Waals surface area contributed by atoms with E-state index in [2.05, 4.69) is 78.9 Å². The van der Waals surface area contributed by atoms with E-state index in [-0.39, 0.29) is 0 Å². The largest absolute Gasteiger partial charge is 0.489 e. The third-order valence-electron chi connectivity index (χ3n) is 6.81. The molecule has 2 aliphatic rings. The van der Waals surface area contributed by atoms with Crippen LogP contribution in [0.4, 0.5) is 0 Å². The van der Waals surface area contributed by atoms with Crippen molar-refractivity contribution in [2.75, 3.05) is 0 Å². The van der Waals surface area contributed by atoms with Crippen LogP contribution in [0.3, 0.4) is 0 Å². The van der Waals surface area contributed by atoms with E-state index in [4.69, 9.17) is 4.74 Å². The van der Waals surface area contributed by atoms with E-state index in [0.29, 0.717) is 6.61 Å². The summed E-state index contributed by atoms with van der Waals surface area (Å²) < 4.78 is 5.95. The molecule has 0 saturated carbocycles. The molecule has 156 valence electrons. The topological polar surface area (TPSA) is 9.23 Å². The average Bonchev–Trinajstić information content (AvgIpc) is 2.87. The van der Waals surface area contributed by atoms with Crippen LogP contribution < -0.4 is 4.74 Å². The zero-order valence-corrected chi connectivity index (χ0v) is 18.2. The van der Waals surface area contributed by atoms with Gasteiger partial charge in [0.05, 0.1) is 0 Å². The van der Waals surface area contributed by atoms with Crippen LogP contribution >= 0.6 is 0 Å². The predicted octanol–water partition coefficient (Wildman–Crippen LogP) is 8.14. The molecule has 1 heteroatoms. The number of allylic oxidation sites excluding steroid dienone is 4. The first kappa shape index (κ1) is 19.1. The highest BCUT2D eigenvalue weighted by atomic mass is 16.5. The quantitative estimate of drug-likeness (QED) is 0.327. The van der Waals surface area contributed by atoms with Gasteiger partial charge in [-0.15, -0.1) is 0 Å². The predicted molar refractivity (Wildman–Crippen MR) is 134 cm³/mol. The molecule has 1 nitrogen and oxygen atoms in total. The lowest BCUT2D eigenvalue weighted by atomic mass is 9.79. The highest BCUT2D eigenvalue weighted by molar-refractivity contribution is 5.95. The van der Waals surface area contributed by atoms with Gasteiger partial charge in [-0.3, -0.25) is 0 Å². The zero-order chi connectivity index (χ0) is 21.3. The Balaban J connectivity index is 1.27. The molecule has 32 heavy (non-hydrogen) atoms. The second-order valence-electron chi connectivity index (χ2n) is 8.78. The number of benzene rings is 4. The van der Waals surface area contributed by atoms with Gasteiger partial charge in [-0.1, -0.05) is 84.5 Å². The molecule has 0 unspecified atom stereocenters. The second-order valence-corrected chi connectivity index (χ2v) is 8.78. The summed E-state index contributed by atoms with van der Waals surface area (Å²) in [6.45, 7) is 0.592. The van der Waals surface area contributed by atoms with E-state index in [0.717, 1.165) is 12.2 Å². The van der Waals surface area contributed by atoms with E-state index < -0.39 is 0 Å². The molecule has 6 rings (SSSR count). The summed E-state index contributed by atoms with van der Waals surface area (Å²) in [5.74, 6) is 0.900. The summed E-state index contributed by atoms with van der Waals surface area (Å²) in [5.41, 5.74) is 9.74. The SMILES string of the molecule is C1=CC2=C(CC1)CCc1c2ccc2cc(-c3ccc(OCc4ccccc4)cc3)ccc12. The first-order chi connectivity index (χ1) is 15.8. The van der Waals surface area contributed by atoms with Crippen molar-refractivity contribution >= 4 is 16.3 Å². The third-order valence-corrected chi connectivity index (χ3v) is 6.81. The van der Waals surface area contributed by atoms with Crippen molar-refractivity contribution in [2.24, 2.45) is 0 Å². The van der Waals surface area contributed by atoms with Gasteiger partial charge in [-0.25, -0.2) is 0 Å². The van der Waals surface area contributed by atoms with Crippen LogP contribution in [0.2, 0.25) is 0 Å². The van der Waals surface area contributed by atoms with Gasteiger partial charge in [0.1, 0.15) is 12.4 Å². The summed E-state index contributed by atoms with van der Waals surface area (Å²) in [5, 5.41) is 2.73. The van der Waals surface area contributed by atoms with Gasteiger partial charge in [-0.05, 0) is 88.0 Å². The summed E-state index contributed by atoms with van der Waals surface area (Å²) in [7, 11) is 0. The molecule has 0 bridgehead atoms. The lowest BCUT2D eigenvalue weighted by molar-refractivity contribution is 0.306. The molecule has 0 aliphatic heterocycles. The molecule has 0 saturated heterocycles. The minimum atomic E-state index is 0.592. The Morgan fingerprint density at radius 2 is 1.56 bits per heavy atom. The van der Waals surface area contributed by atoms with Gasteiger partial charge in [0.15, 0.2) is 0 Å². The summed E-state index contributed by atoms with van der Waals surface area (Å²) in [4.78, 5) is 0. The molecule has 0 heterocycles. The Morgan fingerprint density at radius 3 is 2.44 bits per heavy atom. The molecule has 0 amide bonds. The van der Waals surface area contributed by atoms with Crippen LogP contribution in [-0.2, 0) is 13.0 Å². The van der Waals surface area contributed by atoms with Gasteiger partial charge in [-0.2, -0.15) is 0 Å². The number of ether oxygens (including phenoxy) is 1. The van der Waals surface area contributed by atoms with Crippen molar-refractivity contribution in [3.8, 4) is 16.9 Å². The van der Waals surface area contributed by atoms with Crippen LogP contribution in [-0.4, -0.2) is 0 Å². The lowest BCUT2D eigenvalue weighted by Gasteiger charge is -2.25. The van der Waals surface area contributed by atoms with E-state index in [9.17, 15) is 0 Å². The van der Waals surface area contributed by atoms with Crippen molar-refractivity contribution in [2.45, 2.75) is 32.3 Å². The number of hydrogen-bond acceptors (Lipinski definition) is 1. The summed E-state index contributed by atoms with van der Waals surface area (Å²) in [6, 6.07) is 30.3. The summed E-state index contributed by atoms with van der Waals surface area (Å²) in [6.07, 6.45) is 9.46. The Labute approximate surface area is 189 Å². The first-order valence-electron chi connectivity index (χ1n) is 11.6. The van der Waals surface area contributed by atoms with E-state index >= 15 is 0 Å². The van der Waals surface area contributed by atoms with E-state index in [1.54, 1.807) is 5.57 Å². The van der Waals surface area contributed by atoms with Crippen molar-refractivity contribution in [1.29, 1.82) is 0 Å². The lowest BCUT2D eigenvalue weighted by Crippen LogP contribution is -2.07. The normalized spacial score (nSPS) is 14.9. The fourth-order valence-corrected chi connectivity index (χ4v) is 5.11. The molecule has 2 aliphatic carbocycles. The Morgan fingerprint density at radius 1 is 0.719 bits per heavy atom. The van der Waals surface area contributed by atoms with Crippen LogP contribution in [0.15, 0.2) is 103 Å². The third kappa shape index (κ3) is 3.54. The van der Waals surface area contributed by atoms with Gasteiger partial charge < -0.3 is 4.74 Å². The van der Waals surface area contributed by atoms with Gasteiger partial charge in [0.2, 0.25) is 0 Å². The van der Waals surface area contributed by atoms with Crippen molar-refractivity contribution < 1.29 is 4.74 Å². The minimum Gasteiger partial charge on any atom is -0.489 e. The molecule has 0 N–H and O–H groups in total. The van der Waals surface area contributed by atoms with Gasteiger partial charge >= 0.3 is 0 Å². The maximum absolute atomic E-state index is 5.95. The molecule has 0 spiro atoms. The highest BCUT2D eigenvalue weighted by Crippen LogP contribution is 2.40. The standard InChI is InChI=1S/C31H26O/c1-2-6-22(7-3-1)21-32-27-15-10-23(11-16-27)25-13-17-29-26(20-25)14-19-30-28-9-5-4-8-24(28)12-18-31(29)30/h1-3,5-7,9-11,13-17,19-20H,4,8,12,18,21H2. The fraction of sp³-hybridized carbons (Fsp3) is 0.161. The van der Waals surface area contributed by atoms with Crippen molar-refractivity contribution in [1.82, 2.24) is 0 Å². The Hall–Kier alpha value is -3.58. The Kier molecular flexibility index (Phi) is 4.88. The smallest absolute Gasteiger partial charge is 0.119 e. The van der Waals surface area contributed by atoms with Crippen LogP contribution in [0.25, 0.3) is 27.5 Å². The van der Waals surface area contributed by atoms with Crippen LogP contribution in [0.5, 0.6) is 5.75 Å². The number of aryl methyl sites for hydroxylation is 1. The Bertz CT molecular complexity index is 1340. The maximum atomic E-state index is 5.95. The molecule has 0 fully saturated rings. The zero-order valence-electron chi connectivity index (χ0n) is 18.2. The monoisotopic (exact) mass is 414 g/mol.